The Balaban J connectivity index is 0.000000321. The number of benzene rings is 1. The molecule has 0 saturated heterocycles. The number of fused-ring (bicyclic) bond motifs is 1. The van der Waals surface area contributed by atoms with Gasteiger partial charge in [0.15, 0.2) is 0 Å². The van der Waals surface area contributed by atoms with Crippen LogP contribution < -0.4 is 0 Å². The summed E-state index contributed by atoms with van der Waals surface area (Å²) in [6.07, 6.45) is 11.2. The molecule has 2 atom stereocenters. The normalized spacial score (nSPS) is 28.4. The first-order valence-electron chi connectivity index (χ1n) is 10.4. The van der Waals surface area contributed by atoms with E-state index < -0.39 is 10.8 Å². The molecule has 1 N–H and O–H groups in total. The van der Waals surface area contributed by atoms with Gasteiger partial charge in [-0.15, -0.1) is 0 Å². The number of hydrogen-bond donors (Lipinski definition) is 1. The zero-order chi connectivity index (χ0) is 20.2. The van der Waals surface area contributed by atoms with Crippen LogP contribution >= 0.6 is 15.9 Å². The Morgan fingerprint density at radius 2 is 1.85 bits per heavy atom. The van der Waals surface area contributed by atoms with E-state index in [2.05, 4.69) is 41.1 Å². The lowest BCUT2D eigenvalue weighted by Gasteiger charge is -2.41. The third-order valence-electron chi connectivity index (χ3n) is 6.42. The molecule has 3 rings (SSSR count). The molecular formula is C23H37BrO2S. The highest BCUT2D eigenvalue weighted by molar-refractivity contribution is 9.10. The SMILES string of the molecule is CCCCC1c2cc(Br)ccc2CC12CCC(O)CC2.CS(=O)C(C)(C)C. The van der Waals surface area contributed by atoms with Gasteiger partial charge >= 0.3 is 0 Å². The fourth-order valence-electron chi connectivity index (χ4n) is 4.46. The topological polar surface area (TPSA) is 37.3 Å². The zero-order valence-electron chi connectivity index (χ0n) is 17.7. The second kappa shape index (κ2) is 9.54. The minimum absolute atomic E-state index is 0.0278. The molecule has 2 unspecified atom stereocenters. The van der Waals surface area contributed by atoms with Crippen molar-refractivity contribution in [2.45, 2.75) is 95.8 Å². The first-order valence-corrected chi connectivity index (χ1v) is 12.7. The summed E-state index contributed by atoms with van der Waals surface area (Å²) in [6.45, 7) is 8.17. The quantitative estimate of drug-likeness (QED) is 0.573. The van der Waals surface area contributed by atoms with E-state index in [1.807, 2.05) is 20.8 Å². The Hall–Kier alpha value is -0.190. The molecule has 27 heavy (non-hydrogen) atoms. The van der Waals surface area contributed by atoms with E-state index in [4.69, 9.17) is 0 Å². The van der Waals surface area contributed by atoms with Gasteiger partial charge in [0.2, 0.25) is 0 Å². The number of hydrogen-bond acceptors (Lipinski definition) is 2. The van der Waals surface area contributed by atoms with Gasteiger partial charge in [0.1, 0.15) is 0 Å². The van der Waals surface area contributed by atoms with Crippen LogP contribution in [0.25, 0.3) is 0 Å². The summed E-state index contributed by atoms with van der Waals surface area (Å²) in [6, 6.07) is 6.86. The molecule has 2 aliphatic carbocycles. The van der Waals surface area contributed by atoms with Crippen LogP contribution in [0.1, 0.15) is 89.7 Å². The molecule has 2 nitrogen and oxygen atoms in total. The predicted octanol–water partition coefficient (Wildman–Crippen LogP) is 6.36. The van der Waals surface area contributed by atoms with Crippen LogP contribution in [0.3, 0.4) is 0 Å². The van der Waals surface area contributed by atoms with E-state index in [1.54, 1.807) is 17.4 Å². The number of aliphatic hydroxyl groups excluding tert-OH is 1. The van der Waals surface area contributed by atoms with E-state index >= 15 is 0 Å². The molecule has 0 aromatic heterocycles. The Morgan fingerprint density at radius 3 is 2.37 bits per heavy atom. The van der Waals surface area contributed by atoms with Gasteiger partial charge in [0.25, 0.3) is 0 Å². The Kier molecular flexibility index (Phi) is 8.16. The molecular weight excluding hydrogens is 420 g/mol. The summed E-state index contributed by atoms with van der Waals surface area (Å²) in [4.78, 5) is 0. The molecule has 4 heteroatoms. The maximum absolute atomic E-state index is 10.6. The van der Waals surface area contributed by atoms with Gasteiger partial charge < -0.3 is 5.11 Å². The van der Waals surface area contributed by atoms with Crippen molar-refractivity contribution in [1.29, 1.82) is 0 Å². The molecule has 1 saturated carbocycles. The molecule has 0 aliphatic heterocycles. The summed E-state index contributed by atoms with van der Waals surface area (Å²) in [5.41, 5.74) is 3.59. The number of rotatable bonds is 3. The standard InChI is InChI=1S/C18H25BrO.C5H12OS/c1-2-3-4-17-16-11-14(19)6-5-13(16)12-18(17)9-7-15(20)8-10-18;1-5(2,3)7(4)6/h5-6,11,15,17,20H,2-4,7-10,12H2,1H3;1-4H3. The predicted molar refractivity (Wildman–Crippen MR) is 121 cm³/mol. The smallest absolute Gasteiger partial charge is 0.0540 e. The minimum atomic E-state index is -0.683. The minimum Gasteiger partial charge on any atom is -0.393 e. The summed E-state index contributed by atoms with van der Waals surface area (Å²) in [5.74, 6) is 0.711. The largest absolute Gasteiger partial charge is 0.393 e. The molecule has 1 fully saturated rings. The number of halogens is 1. The van der Waals surface area contributed by atoms with Crippen molar-refractivity contribution < 1.29 is 9.32 Å². The van der Waals surface area contributed by atoms with Crippen molar-refractivity contribution in [3.63, 3.8) is 0 Å². The number of unbranched alkanes of at least 4 members (excludes halogenated alkanes) is 1. The van der Waals surface area contributed by atoms with Gasteiger partial charge in [-0.05, 0) is 93.9 Å². The lowest BCUT2D eigenvalue weighted by Crippen LogP contribution is -2.33. The fraction of sp³-hybridized carbons (Fsp3) is 0.739. The van der Waals surface area contributed by atoms with E-state index in [9.17, 15) is 9.32 Å². The summed E-state index contributed by atoms with van der Waals surface area (Å²) in [7, 11) is -0.683. The van der Waals surface area contributed by atoms with Crippen molar-refractivity contribution in [2.24, 2.45) is 5.41 Å². The highest BCUT2D eigenvalue weighted by atomic mass is 79.9. The third-order valence-corrected chi connectivity index (χ3v) is 8.64. The van der Waals surface area contributed by atoms with Crippen LogP contribution in [0.5, 0.6) is 0 Å². The van der Waals surface area contributed by atoms with Crippen LogP contribution in [0.15, 0.2) is 22.7 Å². The van der Waals surface area contributed by atoms with Crippen LogP contribution in [0, 0.1) is 5.41 Å². The van der Waals surface area contributed by atoms with E-state index in [1.165, 1.54) is 43.0 Å². The van der Waals surface area contributed by atoms with Crippen molar-refractivity contribution >= 4 is 26.7 Å². The van der Waals surface area contributed by atoms with Crippen LogP contribution in [0.4, 0.5) is 0 Å². The van der Waals surface area contributed by atoms with Gasteiger partial charge in [-0.1, -0.05) is 41.8 Å². The highest BCUT2D eigenvalue weighted by Gasteiger charge is 2.46. The second-order valence-corrected chi connectivity index (χ2v) is 12.4. The summed E-state index contributed by atoms with van der Waals surface area (Å²) in [5, 5.41) is 9.87. The molecule has 0 radical (unpaired) electrons. The average Bonchev–Trinajstić information content (AvgIpc) is 2.88. The fourth-order valence-corrected chi connectivity index (χ4v) is 4.83. The highest BCUT2D eigenvalue weighted by Crippen LogP contribution is 2.57. The van der Waals surface area contributed by atoms with Crippen molar-refractivity contribution in [3.8, 4) is 0 Å². The Labute approximate surface area is 177 Å². The maximum atomic E-state index is 10.6. The monoisotopic (exact) mass is 456 g/mol. The van der Waals surface area contributed by atoms with Crippen molar-refractivity contribution in [1.82, 2.24) is 0 Å². The molecule has 0 amide bonds. The molecule has 1 aromatic rings. The second-order valence-electron chi connectivity index (χ2n) is 9.37. The van der Waals surface area contributed by atoms with Gasteiger partial charge in [0, 0.05) is 26.3 Å². The van der Waals surface area contributed by atoms with Crippen molar-refractivity contribution in [2.75, 3.05) is 6.26 Å². The summed E-state index contributed by atoms with van der Waals surface area (Å²) >= 11 is 3.64. The molecule has 1 aromatic carbocycles. The lowest BCUT2D eigenvalue weighted by atomic mass is 9.64. The molecule has 154 valence electrons. The molecule has 0 heterocycles. The number of aliphatic hydroxyl groups is 1. The van der Waals surface area contributed by atoms with Crippen LogP contribution in [-0.2, 0) is 17.2 Å². The first kappa shape index (κ1) is 23.1. The van der Waals surface area contributed by atoms with Gasteiger partial charge in [-0.2, -0.15) is 0 Å². The Morgan fingerprint density at radius 1 is 1.26 bits per heavy atom. The average molecular weight is 458 g/mol. The molecule has 0 bridgehead atoms. The van der Waals surface area contributed by atoms with E-state index in [0.29, 0.717) is 11.3 Å². The first-order chi connectivity index (χ1) is 12.6. The lowest BCUT2D eigenvalue weighted by molar-refractivity contribution is 0.0505. The maximum Gasteiger partial charge on any atom is 0.0540 e. The van der Waals surface area contributed by atoms with Crippen LogP contribution in [-0.4, -0.2) is 26.4 Å². The van der Waals surface area contributed by atoms with Gasteiger partial charge in [-0.25, -0.2) is 0 Å². The van der Waals surface area contributed by atoms with Gasteiger partial charge in [-0.3, -0.25) is 4.21 Å². The van der Waals surface area contributed by atoms with Crippen molar-refractivity contribution in [3.05, 3.63) is 33.8 Å². The van der Waals surface area contributed by atoms with Gasteiger partial charge in [0.05, 0.1) is 6.10 Å². The Bertz CT molecular complexity index is 642. The zero-order valence-corrected chi connectivity index (χ0v) is 20.1. The van der Waals surface area contributed by atoms with E-state index in [0.717, 1.165) is 12.8 Å². The van der Waals surface area contributed by atoms with E-state index in [-0.39, 0.29) is 10.9 Å². The summed E-state index contributed by atoms with van der Waals surface area (Å²) < 4.78 is 11.8. The van der Waals surface area contributed by atoms with Crippen LogP contribution in [0.2, 0.25) is 0 Å². The third kappa shape index (κ3) is 5.90. The molecule has 2 aliphatic rings. The molecule has 1 spiro atoms.